The second kappa shape index (κ2) is 24.1. The molecular weight excluding hydrogens is 243 g/mol. The van der Waals surface area contributed by atoms with Gasteiger partial charge in [-0.1, -0.05) is 0 Å². The van der Waals surface area contributed by atoms with Crippen molar-refractivity contribution < 1.29 is 32.9 Å². The second-order valence-electron chi connectivity index (χ2n) is 2.84. The number of ketones is 1. The fraction of sp³-hybridized carbons (Fsp3) is 0.667. The molecule has 0 unspecified atom stereocenters. The van der Waals surface area contributed by atoms with Gasteiger partial charge in [0.15, 0.2) is 0 Å². The molecule has 3 nitrogen and oxygen atoms in total. The Labute approximate surface area is 112 Å². The first-order valence-electron chi connectivity index (χ1n) is 5.12. The molecule has 0 aliphatic carbocycles. The van der Waals surface area contributed by atoms with Crippen molar-refractivity contribution in [3.63, 3.8) is 0 Å². The van der Waals surface area contributed by atoms with Crippen LogP contribution in [0.5, 0.6) is 0 Å². The van der Waals surface area contributed by atoms with E-state index in [1.54, 1.807) is 6.92 Å². The van der Waals surface area contributed by atoms with Gasteiger partial charge in [0, 0.05) is 0 Å². The molecule has 0 bridgehead atoms. The minimum absolute atomic E-state index is 0. The van der Waals surface area contributed by atoms with E-state index in [9.17, 15) is 9.59 Å². The van der Waals surface area contributed by atoms with Crippen molar-refractivity contribution in [2.24, 2.45) is 0 Å². The van der Waals surface area contributed by atoms with Gasteiger partial charge in [-0.25, -0.2) is 0 Å². The molecule has 0 fully saturated rings. The molecule has 0 aliphatic heterocycles. The van der Waals surface area contributed by atoms with Crippen LogP contribution in [-0.2, 0) is 32.9 Å². The number of hydrogen-bond donors (Lipinski definition) is 0. The molecule has 0 rings (SSSR count). The molecule has 0 spiro atoms. The van der Waals surface area contributed by atoms with Crippen molar-refractivity contribution in [2.75, 3.05) is 6.61 Å². The summed E-state index contributed by atoms with van der Waals surface area (Å²) in [6.07, 6.45) is 3.90. The Morgan fingerprint density at radius 2 is 1.38 bits per heavy atom. The molecule has 0 amide bonds. The maximum Gasteiger partial charge on any atom is 2.00 e. The average Bonchev–Trinajstić information content (AvgIpc) is 2.05. The Kier molecular flexibility index (Phi) is 37.4. The van der Waals surface area contributed by atoms with E-state index in [0.717, 1.165) is 0 Å². The number of hydrogen-bond acceptors (Lipinski definition) is 3. The predicted octanol–water partition coefficient (Wildman–Crippen LogP) is 2.99. The standard InChI is InChI=1S/C6H10O3.2C3H7.V/c1-3-9-6(8)4-5(2)7;2*1-3-2;/h3-4H2,1-2H3;2*3H,1-2H3;/q;2*-1;+2. The molecule has 0 aliphatic rings. The normalized spacial score (nSPS) is 7.12. The number of ether oxygens (including phenoxy) is 1. The van der Waals surface area contributed by atoms with Crippen LogP contribution < -0.4 is 0 Å². The zero-order valence-electron chi connectivity index (χ0n) is 11.2. The van der Waals surface area contributed by atoms with Gasteiger partial charge in [0.05, 0.1) is 6.61 Å². The third-order valence-electron chi connectivity index (χ3n) is 0.699. The molecule has 0 aromatic carbocycles. The SMILES string of the molecule is CCOC(=O)CC(C)=O.C[CH-]C.C[CH-]C.[V+2]. The summed E-state index contributed by atoms with van der Waals surface area (Å²) < 4.78 is 4.49. The van der Waals surface area contributed by atoms with Gasteiger partial charge in [-0.3, -0.25) is 9.59 Å². The van der Waals surface area contributed by atoms with Gasteiger partial charge in [0.2, 0.25) is 0 Å². The Morgan fingerprint density at radius 1 is 1.06 bits per heavy atom. The van der Waals surface area contributed by atoms with Gasteiger partial charge in [-0.05, 0) is 13.8 Å². The summed E-state index contributed by atoms with van der Waals surface area (Å²) in [5.41, 5.74) is 0. The van der Waals surface area contributed by atoms with E-state index >= 15 is 0 Å². The smallest absolute Gasteiger partial charge is 0.466 e. The molecule has 0 aromatic heterocycles. The van der Waals surface area contributed by atoms with Crippen LogP contribution >= 0.6 is 0 Å². The number of carbonyl (C=O) groups excluding carboxylic acids is 2. The summed E-state index contributed by atoms with van der Waals surface area (Å²) in [6.45, 7) is 11.4. The van der Waals surface area contributed by atoms with Crippen LogP contribution in [0.15, 0.2) is 0 Å². The van der Waals surface area contributed by atoms with Gasteiger partial charge >= 0.3 is 24.5 Å². The van der Waals surface area contributed by atoms with Crippen molar-refractivity contribution in [2.45, 2.75) is 48.0 Å². The van der Waals surface area contributed by atoms with E-state index < -0.39 is 5.97 Å². The van der Waals surface area contributed by atoms with Gasteiger partial charge < -0.3 is 17.6 Å². The third kappa shape index (κ3) is 49.1. The van der Waals surface area contributed by atoms with Crippen LogP contribution in [0.25, 0.3) is 0 Å². The Morgan fingerprint density at radius 3 is 1.56 bits per heavy atom. The van der Waals surface area contributed by atoms with Gasteiger partial charge in [-0.15, -0.1) is 0 Å². The van der Waals surface area contributed by atoms with Crippen molar-refractivity contribution in [3.8, 4) is 0 Å². The predicted molar refractivity (Wildman–Crippen MR) is 63.2 cm³/mol. The maximum atomic E-state index is 10.4. The summed E-state index contributed by atoms with van der Waals surface area (Å²) >= 11 is 0. The van der Waals surface area contributed by atoms with Crippen LogP contribution in [0.1, 0.15) is 48.0 Å². The fourth-order valence-corrected chi connectivity index (χ4v) is 0.415. The molecule has 95 valence electrons. The van der Waals surface area contributed by atoms with Gasteiger partial charge in [0.25, 0.3) is 0 Å². The number of esters is 1. The zero-order valence-corrected chi connectivity index (χ0v) is 12.6. The van der Waals surface area contributed by atoms with E-state index in [4.69, 9.17) is 0 Å². The van der Waals surface area contributed by atoms with Crippen molar-refractivity contribution in [1.29, 1.82) is 0 Å². The molecule has 0 aromatic rings. The third-order valence-corrected chi connectivity index (χ3v) is 0.699. The van der Waals surface area contributed by atoms with Crippen LogP contribution in [-0.4, -0.2) is 18.4 Å². The topological polar surface area (TPSA) is 43.4 Å². The van der Waals surface area contributed by atoms with E-state index in [-0.39, 0.29) is 30.8 Å². The van der Waals surface area contributed by atoms with Crippen molar-refractivity contribution in [3.05, 3.63) is 12.8 Å². The van der Waals surface area contributed by atoms with Crippen LogP contribution in [0, 0.1) is 12.8 Å². The molecule has 0 heterocycles. The average molecular weight is 267 g/mol. The number of rotatable bonds is 3. The quantitative estimate of drug-likeness (QED) is 0.448. The summed E-state index contributed by atoms with van der Waals surface area (Å²) in [5, 5.41) is 0. The monoisotopic (exact) mass is 267 g/mol. The second-order valence-corrected chi connectivity index (χ2v) is 2.84. The molecule has 0 atom stereocenters. The summed E-state index contributed by atoms with van der Waals surface area (Å²) in [7, 11) is 0. The van der Waals surface area contributed by atoms with Gasteiger partial charge in [0.1, 0.15) is 12.2 Å². The Bertz CT molecular complexity index is 145. The number of Topliss-reactive ketones (excluding diaryl/α,β-unsaturated/α-hetero) is 1. The molecule has 1 radical (unpaired) electrons. The van der Waals surface area contributed by atoms with E-state index in [1.807, 2.05) is 40.5 Å². The maximum absolute atomic E-state index is 10.4. The summed E-state index contributed by atoms with van der Waals surface area (Å²) in [4.78, 5) is 20.6. The first-order valence-corrected chi connectivity index (χ1v) is 5.12. The molecule has 0 saturated carbocycles. The molecular formula is C12H24O3V. The molecule has 16 heavy (non-hydrogen) atoms. The molecule has 0 saturated heterocycles. The largest absolute Gasteiger partial charge is 2.00 e. The number of carbonyl (C=O) groups is 2. The minimum Gasteiger partial charge on any atom is -0.466 e. The summed E-state index contributed by atoms with van der Waals surface area (Å²) in [5.74, 6) is -0.599. The summed E-state index contributed by atoms with van der Waals surface area (Å²) in [6, 6.07) is 0. The Hall–Kier alpha value is -0.276. The van der Waals surface area contributed by atoms with Gasteiger partial charge in [-0.2, -0.15) is 27.7 Å². The first kappa shape index (κ1) is 24.8. The van der Waals surface area contributed by atoms with Crippen LogP contribution in [0.4, 0.5) is 0 Å². The zero-order chi connectivity index (χ0) is 12.7. The fourth-order valence-electron chi connectivity index (χ4n) is 0.415. The van der Waals surface area contributed by atoms with Crippen LogP contribution in [0.2, 0.25) is 0 Å². The van der Waals surface area contributed by atoms with Crippen molar-refractivity contribution in [1.82, 2.24) is 0 Å². The Balaban J connectivity index is -0.0000000870. The van der Waals surface area contributed by atoms with Crippen molar-refractivity contribution >= 4 is 11.8 Å². The van der Waals surface area contributed by atoms with E-state index in [2.05, 4.69) is 4.74 Å². The van der Waals surface area contributed by atoms with E-state index in [0.29, 0.717) is 6.61 Å². The first-order chi connectivity index (χ1) is 6.99. The van der Waals surface area contributed by atoms with E-state index in [1.165, 1.54) is 6.92 Å². The van der Waals surface area contributed by atoms with Crippen LogP contribution in [0.3, 0.4) is 0 Å². The molecule has 4 heteroatoms. The molecule has 0 N–H and O–H groups in total. The minimum atomic E-state index is -0.440.